The van der Waals surface area contributed by atoms with Crippen molar-refractivity contribution in [2.75, 3.05) is 26.0 Å². The Labute approximate surface area is 129 Å². The Morgan fingerprint density at radius 2 is 2.24 bits per heavy atom. The number of alkyl halides is 1. The first kappa shape index (κ1) is 14.8. The summed E-state index contributed by atoms with van der Waals surface area (Å²) in [4.78, 5) is 7.02. The van der Waals surface area contributed by atoms with Crippen LogP contribution < -0.4 is 0 Å². The largest absolute Gasteiger partial charge is 0.324 e. The Hall–Kier alpha value is -1.13. The number of hydrogen-bond acceptors (Lipinski definition) is 2. The summed E-state index contributed by atoms with van der Waals surface area (Å²) in [5, 5.41) is 0. The molecule has 3 nitrogen and oxygen atoms in total. The monoisotopic (exact) mass is 309 g/mol. The molecule has 1 aromatic carbocycles. The molecule has 5 heteroatoms. The zero-order valence-corrected chi connectivity index (χ0v) is 13.3. The molecular formula is C16H21ClFN3. The van der Waals surface area contributed by atoms with Gasteiger partial charge < -0.3 is 9.47 Å². The van der Waals surface area contributed by atoms with E-state index in [4.69, 9.17) is 11.6 Å². The van der Waals surface area contributed by atoms with Gasteiger partial charge in [-0.15, -0.1) is 11.6 Å². The Balaban J connectivity index is 2.10. The lowest BCUT2D eigenvalue weighted by Gasteiger charge is -2.36. The summed E-state index contributed by atoms with van der Waals surface area (Å²) in [6.07, 6.45) is 1.78. The number of aryl methyl sites for hydroxylation is 1. The lowest BCUT2D eigenvalue weighted by molar-refractivity contribution is 0.159. The maximum Gasteiger partial charge on any atom is 0.125 e. The molecule has 2 unspecified atom stereocenters. The molecule has 21 heavy (non-hydrogen) atoms. The molecule has 114 valence electrons. The smallest absolute Gasteiger partial charge is 0.125 e. The Kier molecular flexibility index (Phi) is 4.18. The minimum atomic E-state index is -0.207. The maximum absolute atomic E-state index is 13.7. The van der Waals surface area contributed by atoms with Gasteiger partial charge in [0.2, 0.25) is 0 Å². The number of rotatable bonds is 3. The van der Waals surface area contributed by atoms with Gasteiger partial charge in [-0.1, -0.05) is 6.92 Å². The molecule has 0 amide bonds. The molecule has 2 aromatic rings. The average molecular weight is 310 g/mol. The van der Waals surface area contributed by atoms with Gasteiger partial charge in [0.05, 0.1) is 11.0 Å². The summed E-state index contributed by atoms with van der Waals surface area (Å²) in [6.45, 7) is 4.38. The summed E-state index contributed by atoms with van der Waals surface area (Å²) >= 11 is 5.93. The average Bonchev–Trinajstić information content (AvgIpc) is 2.77. The predicted molar refractivity (Wildman–Crippen MR) is 84.4 cm³/mol. The highest BCUT2D eigenvalue weighted by atomic mass is 35.5. The van der Waals surface area contributed by atoms with Crippen molar-refractivity contribution >= 4 is 22.6 Å². The summed E-state index contributed by atoms with van der Waals surface area (Å²) in [5.41, 5.74) is 1.76. The van der Waals surface area contributed by atoms with E-state index in [9.17, 15) is 4.39 Å². The van der Waals surface area contributed by atoms with E-state index in [2.05, 4.69) is 28.4 Å². The van der Waals surface area contributed by atoms with Crippen LogP contribution in [0.15, 0.2) is 18.2 Å². The van der Waals surface area contributed by atoms with Crippen molar-refractivity contribution in [2.45, 2.75) is 25.8 Å². The van der Waals surface area contributed by atoms with Crippen LogP contribution in [0, 0.1) is 11.7 Å². The maximum atomic E-state index is 13.7. The quantitative estimate of drug-likeness (QED) is 0.810. The van der Waals surface area contributed by atoms with Crippen LogP contribution in [0.2, 0.25) is 0 Å². The van der Waals surface area contributed by atoms with Crippen molar-refractivity contribution in [3.63, 3.8) is 0 Å². The molecule has 1 saturated heterocycles. The van der Waals surface area contributed by atoms with Crippen LogP contribution in [0.25, 0.3) is 11.0 Å². The fourth-order valence-corrected chi connectivity index (χ4v) is 3.64. The Morgan fingerprint density at radius 1 is 1.43 bits per heavy atom. The molecule has 0 aliphatic carbocycles. The molecule has 1 aliphatic heterocycles. The second-order valence-corrected chi connectivity index (χ2v) is 6.44. The number of piperidine rings is 1. The third-order valence-electron chi connectivity index (χ3n) is 4.44. The van der Waals surface area contributed by atoms with E-state index in [-0.39, 0.29) is 5.82 Å². The molecule has 1 aliphatic rings. The molecule has 2 atom stereocenters. The van der Waals surface area contributed by atoms with E-state index < -0.39 is 0 Å². The fourth-order valence-electron chi connectivity index (χ4n) is 3.47. The van der Waals surface area contributed by atoms with Gasteiger partial charge in [0.25, 0.3) is 0 Å². The normalized spacial score (nSPS) is 23.8. The van der Waals surface area contributed by atoms with Gasteiger partial charge in [0.1, 0.15) is 11.6 Å². The van der Waals surface area contributed by atoms with Crippen molar-refractivity contribution in [3.8, 4) is 0 Å². The predicted octanol–water partition coefficient (Wildman–Crippen LogP) is 3.47. The van der Waals surface area contributed by atoms with E-state index >= 15 is 0 Å². The molecule has 3 rings (SSSR count). The van der Waals surface area contributed by atoms with Gasteiger partial charge in [0.15, 0.2) is 0 Å². The number of likely N-dealkylation sites (tertiary alicyclic amines) is 1. The number of imidazole rings is 1. The van der Waals surface area contributed by atoms with E-state index in [1.54, 1.807) is 12.1 Å². The van der Waals surface area contributed by atoms with Gasteiger partial charge in [0, 0.05) is 24.9 Å². The van der Waals surface area contributed by atoms with E-state index in [0.29, 0.717) is 17.8 Å². The second kappa shape index (κ2) is 5.93. The minimum Gasteiger partial charge on any atom is -0.324 e. The topological polar surface area (TPSA) is 21.1 Å². The highest BCUT2D eigenvalue weighted by molar-refractivity contribution is 6.17. The first-order valence-electron chi connectivity index (χ1n) is 7.51. The number of aromatic nitrogens is 2. The molecule has 2 heterocycles. The number of hydrogen-bond donors (Lipinski definition) is 0. The van der Waals surface area contributed by atoms with Gasteiger partial charge in [-0.05, 0) is 44.1 Å². The van der Waals surface area contributed by atoms with Crippen LogP contribution >= 0.6 is 11.6 Å². The molecule has 0 saturated carbocycles. The molecule has 0 radical (unpaired) electrons. The molecule has 0 spiro atoms. The first-order valence-corrected chi connectivity index (χ1v) is 8.04. The highest BCUT2D eigenvalue weighted by Gasteiger charge is 2.28. The SMILES string of the molecule is CC1CN(C)CCC1n1c(CCCl)nc2ccc(F)cc21. The van der Waals surface area contributed by atoms with Gasteiger partial charge in [-0.25, -0.2) is 9.37 Å². The number of benzene rings is 1. The zero-order chi connectivity index (χ0) is 15.0. The number of halogens is 2. The third kappa shape index (κ3) is 2.79. The van der Waals surface area contributed by atoms with Crippen LogP contribution in [0.5, 0.6) is 0 Å². The van der Waals surface area contributed by atoms with Crippen molar-refractivity contribution < 1.29 is 4.39 Å². The lowest BCUT2D eigenvalue weighted by atomic mass is 9.93. The van der Waals surface area contributed by atoms with Crippen LogP contribution in [-0.4, -0.2) is 40.5 Å². The molecular weight excluding hydrogens is 289 g/mol. The summed E-state index contributed by atoms with van der Waals surface area (Å²) in [6, 6.07) is 5.21. The first-order chi connectivity index (χ1) is 10.1. The van der Waals surface area contributed by atoms with Crippen molar-refractivity contribution in [1.82, 2.24) is 14.5 Å². The van der Waals surface area contributed by atoms with Crippen LogP contribution in [0.3, 0.4) is 0 Å². The van der Waals surface area contributed by atoms with Crippen LogP contribution in [-0.2, 0) is 6.42 Å². The van der Waals surface area contributed by atoms with Crippen LogP contribution in [0.4, 0.5) is 4.39 Å². The minimum absolute atomic E-state index is 0.207. The van der Waals surface area contributed by atoms with Gasteiger partial charge in [-0.2, -0.15) is 0 Å². The second-order valence-electron chi connectivity index (χ2n) is 6.07. The number of nitrogens with zero attached hydrogens (tertiary/aromatic N) is 3. The van der Waals surface area contributed by atoms with E-state index in [1.807, 2.05) is 0 Å². The molecule has 1 fully saturated rings. The van der Waals surface area contributed by atoms with Crippen molar-refractivity contribution in [3.05, 3.63) is 29.8 Å². The van der Waals surface area contributed by atoms with Crippen molar-refractivity contribution in [1.29, 1.82) is 0 Å². The molecule has 1 aromatic heterocycles. The molecule has 0 bridgehead atoms. The highest BCUT2D eigenvalue weighted by Crippen LogP contribution is 2.32. The third-order valence-corrected chi connectivity index (χ3v) is 4.63. The Bertz CT molecular complexity index is 640. The van der Waals surface area contributed by atoms with Crippen molar-refractivity contribution in [2.24, 2.45) is 5.92 Å². The summed E-state index contributed by atoms with van der Waals surface area (Å²) < 4.78 is 15.9. The summed E-state index contributed by atoms with van der Waals surface area (Å²) in [7, 11) is 2.15. The van der Waals surface area contributed by atoms with E-state index in [0.717, 1.165) is 42.8 Å². The lowest BCUT2D eigenvalue weighted by Crippen LogP contribution is -2.38. The van der Waals surface area contributed by atoms with Gasteiger partial charge >= 0.3 is 0 Å². The number of fused-ring (bicyclic) bond motifs is 1. The Morgan fingerprint density at radius 3 is 2.95 bits per heavy atom. The fraction of sp³-hybridized carbons (Fsp3) is 0.562. The molecule has 0 N–H and O–H groups in total. The zero-order valence-electron chi connectivity index (χ0n) is 12.5. The van der Waals surface area contributed by atoms with Crippen LogP contribution in [0.1, 0.15) is 25.2 Å². The standard InChI is InChI=1S/C16H21ClFN3/c1-11-10-20(2)8-6-14(11)21-15-9-12(18)3-4-13(15)19-16(21)5-7-17/h3-4,9,11,14H,5-8,10H2,1-2H3. The van der Waals surface area contributed by atoms with E-state index in [1.165, 1.54) is 6.07 Å². The van der Waals surface area contributed by atoms with Gasteiger partial charge in [-0.3, -0.25) is 0 Å². The summed E-state index contributed by atoms with van der Waals surface area (Å²) in [5.74, 6) is 1.82.